The van der Waals surface area contributed by atoms with Crippen LogP contribution in [0.5, 0.6) is 5.75 Å². The smallest absolute Gasteiger partial charge is 0.191 e. The van der Waals surface area contributed by atoms with Crippen LogP contribution in [-0.4, -0.2) is 46.9 Å². The third-order valence-corrected chi connectivity index (χ3v) is 4.97. The van der Waals surface area contributed by atoms with Crippen molar-refractivity contribution in [3.8, 4) is 5.75 Å². The molecule has 0 heterocycles. The highest BCUT2D eigenvalue weighted by molar-refractivity contribution is 14.0. The Morgan fingerprint density at radius 1 is 1.16 bits per heavy atom. The first-order valence-electron chi connectivity index (χ1n) is 8.78. The molecule has 1 aliphatic rings. The van der Waals surface area contributed by atoms with Crippen molar-refractivity contribution >= 4 is 29.9 Å². The number of ether oxygens (including phenoxy) is 2. The van der Waals surface area contributed by atoms with Gasteiger partial charge in [-0.15, -0.1) is 24.0 Å². The molecule has 0 radical (unpaired) electrons. The Morgan fingerprint density at radius 3 is 2.40 bits per heavy atom. The van der Waals surface area contributed by atoms with Gasteiger partial charge in [-0.25, -0.2) is 0 Å². The molecule has 142 valence electrons. The summed E-state index contributed by atoms with van der Waals surface area (Å²) in [6.45, 7) is 2.67. The molecule has 0 aliphatic heterocycles. The average molecular weight is 461 g/mol. The van der Waals surface area contributed by atoms with Crippen molar-refractivity contribution in [1.29, 1.82) is 0 Å². The Kier molecular flexibility index (Phi) is 10.2. The average Bonchev–Trinajstić information content (AvgIpc) is 2.59. The van der Waals surface area contributed by atoms with Crippen LogP contribution in [0.15, 0.2) is 29.3 Å². The summed E-state index contributed by atoms with van der Waals surface area (Å²) in [6.07, 6.45) is 5.98. The summed E-state index contributed by atoms with van der Waals surface area (Å²) >= 11 is 0. The first-order chi connectivity index (χ1) is 11.7. The molecule has 1 aromatic rings. The van der Waals surface area contributed by atoms with Gasteiger partial charge >= 0.3 is 0 Å². The lowest BCUT2D eigenvalue weighted by Gasteiger charge is -2.42. The van der Waals surface area contributed by atoms with Crippen LogP contribution < -0.4 is 15.4 Å². The van der Waals surface area contributed by atoms with E-state index in [1.165, 1.54) is 24.8 Å². The summed E-state index contributed by atoms with van der Waals surface area (Å²) in [6, 6.07) is 8.20. The summed E-state index contributed by atoms with van der Waals surface area (Å²) in [5.74, 6) is 1.78. The van der Waals surface area contributed by atoms with E-state index in [9.17, 15) is 0 Å². The van der Waals surface area contributed by atoms with E-state index in [2.05, 4.69) is 27.8 Å². The van der Waals surface area contributed by atoms with Gasteiger partial charge in [0.15, 0.2) is 5.96 Å². The van der Waals surface area contributed by atoms with E-state index in [1.54, 1.807) is 14.2 Å². The largest absolute Gasteiger partial charge is 0.497 e. The second kappa shape index (κ2) is 11.6. The van der Waals surface area contributed by atoms with Crippen LogP contribution in [-0.2, 0) is 11.2 Å². The highest BCUT2D eigenvalue weighted by Crippen LogP contribution is 2.43. The van der Waals surface area contributed by atoms with Gasteiger partial charge in [0.2, 0.25) is 0 Å². The molecule has 6 heteroatoms. The van der Waals surface area contributed by atoms with Crippen molar-refractivity contribution in [3.63, 3.8) is 0 Å². The van der Waals surface area contributed by atoms with Crippen molar-refractivity contribution in [2.45, 2.75) is 32.1 Å². The number of methoxy groups -OCH3 is 2. The van der Waals surface area contributed by atoms with Gasteiger partial charge in [0.25, 0.3) is 0 Å². The third kappa shape index (κ3) is 7.01. The van der Waals surface area contributed by atoms with Gasteiger partial charge in [-0.2, -0.15) is 0 Å². The molecule has 5 nitrogen and oxygen atoms in total. The number of rotatable bonds is 9. The van der Waals surface area contributed by atoms with Gasteiger partial charge in [-0.1, -0.05) is 18.6 Å². The molecule has 1 fully saturated rings. The fourth-order valence-electron chi connectivity index (χ4n) is 3.12. The number of guanidine groups is 1. The number of halogens is 1. The minimum Gasteiger partial charge on any atom is -0.497 e. The number of nitrogens with zero attached hydrogens (tertiary/aromatic N) is 1. The molecular formula is C19H32IN3O2. The van der Waals surface area contributed by atoms with Crippen LogP contribution in [0, 0.1) is 5.41 Å². The molecule has 0 aromatic heterocycles. The predicted molar refractivity (Wildman–Crippen MR) is 114 cm³/mol. The lowest BCUT2D eigenvalue weighted by Crippen LogP contribution is -2.47. The molecule has 0 saturated heterocycles. The Morgan fingerprint density at radius 2 is 1.88 bits per heavy atom. The van der Waals surface area contributed by atoms with Gasteiger partial charge in [0.05, 0.1) is 7.11 Å². The Hall–Kier alpha value is -1.02. The second-order valence-electron chi connectivity index (χ2n) is 6.55. The fourth-order valence-corrected chi connectivity index (χ4v) is 3.12. The topological polar surface area (TPSA) is 54.9 Å². The molecule has 2 N–H and O–H groups in total. The van der Waals surface area contributed by atoms with Gasteiger partial charge in [0.1, 0.15) is 5.75 Å². The van der Waals surface area contributed by atoms with Crippen molar-refractivity contribution in [1.82, 2.24) is 10.6 Å². The molecule has 2 rings (SSSR count). The molecule has 25 heavy (non-hydrogen) atoms. The maximum atomic E-state index is 5.25. The molecule has 0 atom stereocenters. The van der Waals surface area contributed by atoms with Crippen LogP contribution in [0.4, 0.5) is 0 Å². The van der Waals surface area contributed by atoms with Crippen LogP contribution in [0.2, 0.25) is 0 Å². The van der Waals surface area contributed by atoms with Gasteiger partial charge in [-0.3, -0.25) is 4.99 Å². The number of hydrogen-bond donors (Lipinski definition) is 2. The number of hydrogen-bond acceptors (Lipinski definition) is 3. The maximum Gasteiger partial charge on any atom is 0.191 e. The van der Waals surface area contributed by atoms with Crippen molar-refractivity contribution in [3.05, 3.63) is 29.8 Å². The van der Waals surface area contributed by atoms with Crippen LogP contribution >= 0.6 is 24.0 Å². The predicted octanol–water partition coefficient (Wildman–Crippen LogP) is 3.23. The number of aliphatic imine (C=N–C) groups is 1. The van der Waals surface area contributed by atoms with Crippen molar-refractivity contribution in [2.24, 2.45) is 10.4 Å². The van der Waals surface area contributed by atoms with Crippen molar-refractivity contribution < 1.29 is 9.47 Å². The molecule has 1 aromatic carbocycles. The highest BCUT2D eigenvalue weighted by atomic mass is 127. The zero-order valence-corrected chi connectivity index (χ0v) is 18.0. The summed E-state index contributed by atoms with van der Waals surface area (Å²) in [5, 5.41) is 6.89. The van der Waals surface area contributed by atoms with E-state index in [0.29, 0.717) is 5.41 Å². The van der Waals surface area contributed by atoms with E-state index >= 15 is 0 Å². The molecular weight excluding hydrogens is 429 g/mol. The Balaban J connectivity index is 0.00000312. The lowest BCUT2D eigenvalue weighted by molar-refractivity contribution is 0.0732. The van der Waals surface area contributed by atoms with Crippen LogP contribution in [0.25, 0.3) is 0 Å². The molecule has 1 saturated carbocycles. The van der Waals surface area contributed by atoms with E-state index in [4.69, 9.17) is 9.47 Å². The summed E-state index contributed by atoms with van der Waals surface area (Å²) < 4.78 is 10.4. The Labute approximate surface area is 169 Å². The molecule has 1 aliphatic carbocycles. The first kappa shape index (κ1) is 22.0. The summed E-state index contributed by atoms with van der Waals surface area (Å²) in [4.78, 5) is 4.33. The second-order valence-corrected chi connectivity index (χ2v) is 6.55. The first-order valence-corrected chi connectivity index (χ1v) is 8.78. The molecule has 0 unspecified atom stereocenters. The van der Waals surface area contributed by atoms with E-state index in [-0.39, 0.29) is 24.0 Å². The van der Waals surface area contributed by atoms with Gasteiger partial charge in [-0.05, 0) is 48.8 Å². The standard InChI is InChI=1S/C19H31N3O2.HI/c1-20-18(22-15-19(10-4-11-19)12-14-23-2)21-13-9-16-5-7-17(24-3)8-6-16;/h5-8H,4,9-15H2,1-3H3,(H2,20,21,22);1H. The minimum atomic E-state index is 0. The van der Waals surface area contributed by atoms with Crippen LogP contribution in [0.3, 0.4) is 0 Å². The zero-order valence-electron chi connectivity index (χ0n) is 15.6. The van der Waals surface area contributed by atoms with Gasteiger partial charge < -0.3 is 20.1 Å². The summed E-state index contributed by atoms with van der Waals surface area (Å²) in [5.41, 5.74) is 1.68. The number of benzene rings is 1. The summed E-state index contributed by atoms with van der Waals surface area (Å²) in [7, 11) is 5.29. The monoisotopic (exact) mass is 461 g/mol. The van der Waals surface area contributed by atoms with Gasteiger partial charge in [0, 0.05) is 33.9 Å². The lowest BCUT2D eigenvalue weighted by atomic mass is 9.67. The highest BCUT2D eigenvalue weighted by Gasteiger charge is 2.36. The molecule has 0 spiro atoms. The van der Waals surface area contributed by atoms with E-state index < -0.39 is 0 Å². The van der Waals surface area contributed by atoms with Crippen molar-refractivity contribution in [2.75, 3.05) is 41.0 Å². The minimum absolute atomic E-state index is 0. The molecule has 0 bridgehead atoms. The van der Waals surface area contributed by atoms with E-state index in [1.807, 2.05) is 19.2 Å². The fraction of sp³-hybridized carbons (Fsp3) is 0.632. The van der Waals surface area contributed by atoms with Crippen LogP contribution in [0.1, 0.15) is 31.2 Å². The SMILES string of the molecule is CN=C(NCCc1ccc(OC)cc1)NCC1(CCOC)CCC1.I. The third-order valence-electron chi connectivity index (χ3n) is 4.97. The van der Waals surface area contributed by atoms with E-state index in [0.717, 1.165) is 44.2 Å². The normalized spacial score (nSPS) is 15.7. The quantitative estimate of drug-likeness (QED) is 0.337. The Bertz CT molecular complexity index is 516. The molecule has 0 amide bonds. The number of nitrogens with one attached hydrogen (secondary N) is 2. The maximum absolute atomic E-state index is 5.25. The zero-order chi connectivity index (χ0) is 17.3.